The monoisotopic (exact) mass is 712 g/mol. The molecular weight excluding hydrogens is 668 g/mol. The molecule has 12 nitrogen and oxygen atoms in total. The lowest BCUT2D eigenvalue weighted by atomic mass is 9.65. The summed E-state index contributed by atoms with van der Waals surface area (Å²) in [5, 5.41) is 1.21. The molecule has 1 aromatic heterocycles. The van der Waals surface area contributed by atoms with Gasteiger partial charge in [0.15, 0.2) is 11.5 Å². The molecule has 1 saturated heterocycles. The van der Waals surface area contributed by atoms with Crippen molar-refractivity contribution in [1.29, 1.82) is 0 Å². The second-order valence-corrected chi connectivity index (χ2v) is 13.8. The molecule has 1 N–H and O–H groups in total. The molecule has 1 aliphatic carbocycles. The number of carbonyl (C=O) groups is 3. The van der Waals surface area contributed by atoms with Crippen molar-refractivity contribution < 1.29 is 47.5 Å². The van der Waals surface area contributed by atoms with Crippen molar-refractivity contribution in [2.45, 2.75) is 51.4 Å². The fraction of sp³-hybridized carbons (Fsp3) is 0.425. The normalized spacial score (nSPS) is 22.3. The van der Waals surface area contributed by atoms with E-state index in [1.54, 1.807) is 7.11 Å². The highest BCUT2D eigenvalue weighted by Crippen LogP contribution is 2.50. The van der Waals surface area contributed by atoms with Crippen LogP contribution in [-0.2, 0) is 32.0 Å². The predicted molar refractivity (Wildman–Crippen MR) is 190 cm³/mol. The highest BCUT2D eigenvalue weighted by atomic mass is 16.7. The molecule has 3 heterocycles. The summed E-state index contributed by atoms with van der Waals surface area (Å²) < 4.78 is 38.6. The number of hydrogen-bond acceptors (Lipinski definition) is 11. The lowest BCUT2D eigenvalue weighted by Gasteiger charge is -2.51. The van der Waals surface area contributed by atoms with Gasteiger partial charge in [-0.3, -0.25) is 9.69 Å². The molecule has 3 unspecified atom stereocenters. The smallest absolute Gasteiger partial charge is 0.497 e. The summed E-state index contributed by atoms with van der Waals surface area (Å²) in [5.41, 5.74) is 5.59. The third kappa shape index (κ3) is 6.87. The molecule has 0 bridgehead atoms. The van der Waals surface area contributed by atoms with Gasteiger partial charge in [-0.05, 0) is 79.8 Å². The number of hydrogen-bond donors (Lipinski definition) is 1. The zero-order valence-electron chi connectivity index (χ0n) is 30.1. The number of aromatic nitrogens is 1. The summed E-state index contributed by atoms with van der Waals surface area (Å²) in [5.74, 6) is -0.173. The van der Waals surface area contributed by atoms with E-state index >= 15 is 0 Å². The lowest BCUT2D eigenvalue weighted by molar-refractivity contribution is -0.155. The van der Waals surface area contributed by atoms with E-state index in [2.05, 4.69) is 16.0 Å². The molecule has 0 radical (unpaired) electrons. The molecule has 2 fully saturated rings. The van der Waals surface area contributed by atoms with Crippen molar-refractivity contribution in [1.82, 2.24) is 9.88 Å². The summed E-state index contributed by atoms with van der Waals surface area (Å²) in [7, 11) is 5.86. The highest BCUT2D eigenvalue weighted by molar-refractivity contribution is 5.91. The second-order valence-electron chi connectivity index (χ2n) is 13.8. The number of nitrogens with zero attached hydrogens (tertiary/aromatic N) is 1. The number of aryl methyl sites for hydroxylation is 1. The number of aromatic amines is 1. The largest absolute Gasteiger partial charge is 0.514 e. The first-order valence-electron chi connectivity index (χ1n) is 17.6. The van der Waals surface area contributed by atoms with Crippen LogP contribution in [0.15, 0.2) is 54.6 Å². The molecule has 5 atom stereocenters. The van der Waals surface area contributed by atoms with E-state index < -0.39 is 24.1 Å². The molecule has 0 spiro atoms. The Bertz CT molecular complexity index is 1960. The molecule has 1 saturated carbocycles. The van der Waals surface area contributed by atoms with Gasteiger partial charge in [-0.25, -0.2) is 9.59 Å². The van der Waals surface area contributed by atoms with Crippen molar-refractivity contribution in [3.05, 3.63) is 82.5 Å². The number of fused-ring (bicyclic) bond motifs is 6. The van der Waals surface area contributed by atoms with E-state index in [1.807, 2.05) is 43.3 Å². The Balaban J connectivity index is 1.06. The molecule has 3 aromatic carbocycles. The van der Waals surface area contributed by atoms with E-state index in [4.69, 9.17) is 33.2 Å². The van der Waals surface area contributed by atoms with Crippen LogP contribution in [0.3, 0.4) is 0 Å². The summed E-state index contributed by atoms with van der Waals surface area (Å²) in [6.45, 7) is 3.65. The number of nitrogens with one attached hydrogen (secondary N) is 1. The Labute approximate surface area is 302 Å². The van der Waals surface area contributed by atoms with Crippen LogP contribution in [0.5, 0.6) is 23.0 Å². The van der Waals surface area contributed by atoms with E-state index in [1.165, 1.54) is 50.1 Å². The number of rotatable bonds is 9. The number of benzene rings is 3. The van der Waals surface area contributed by atoms with E-state index in [0.29, 0.717) is 12.8 Å². The van der Waals surface area contributed by atoms with Gasteiger partial charge in [0.25, 0.3) is 0 Å². The zero-order chi connectivity index (χ0) is 36.5. The van der Waals surface area contributed by atoms with Gasteiger partial charge in [0.2, 0.25) is 5.75 Å². The fourth-order valence-corrected chi connectivity index (χ4v) is 8.43. The Morgan fingerprint density at radius 2 is 1.69 bits per heavy atom. The quantitative estimate of drug-likeness (QED) is 0.115. The Morgan fingerprint density at radius 3 is 2.40 bits per heavy atom. The van der Waals surface area contributed by atoms with E-state index in [-0.39, 0.29) is 53.3 Å². The second kappa shape index (κ2) is 14.8. The maximum atomic E-state index is 13.7. The maximum absolute atomic E-state index is 13.7. The molecule has 274 valence electrons. The first-order valence-corrected chi connectivity index (χ1v) is 17.6. The van der Waals surface area contributed by atoms with Crippen LogP contribution in [-0.4, -0.2) is 75.6 Å². The Morgan fingerprint density at radius 1 is 0.904 bits per heavy atom. The van der Waals surface area contributed by atoms with E-state index in [0.717, 1.165) is 48.3 Å². The van der Waals surface area contributed by atoms with Gasteiger partial charge < -0.3 is 38.1 Å². The van der Waals surface area contributed by atoms with Gasteiger partial charge in [0, 0.05) is 35.8 Å². The van der Waals surface area contributed by atoms with Crippen molar-refractivity contribution in [2.75, 3.05) is 41.5 Å². The molecule has 3 aliphatic rings. The predicted octanol–water partition coefficient (Wildman–Crippen LogP) is 6.56. The summed E-state index contributed by atoms with van der Waals surface area (Å²) in [6, 6.07) is 16.7. The number of carbonyl (C=O) groups excluding carboxylic acids is 3. The van der Waals surface area contributed by atoms with E-state index in [9.17, 15) is 14.4 Å². The lowest BCUT2D eigenvalue weighted by Crippen LogP contribution is -2.52. The van der Waals surface area contributed by atoms with Gasteiger partial charge >= 0.3 is 18.1 Å². The highest BCUT2D eigenvalue weighted by Gasteiger charge is 2.49. The van der Waals surface area contributed by atoms with Crippen molar-refractivity contribution >= 4 is 29.0 Å². The topological polar surface area (TPSA) is 135 Å². The zero-order valence-corrected chi connectivity index (χ0v) is 30.1. The fourth-order valence-electron chi connectivity index (χ4n) is 8.43. The van der Waals surface area contributed by atoms with Crippen LogP contribution in [0.4, 0.5) is 4.79 Å². The van der Waals surface area contributed by atoms with Gasteiger partial charge in [-0.1, -0.05) is 29.8 Å². The van der Waals surface area contributed by atoms with Crippen molar-refractivity contribution in [2.24, 2.45) is 17.8 Å². The minimum Gasteiger partial charge on any atom is -0.497 e. The number of H-pyrrole nitrogens is 1. The molecule has 0 amide bonds. The van der Waals surface area contributed by atoms with Crippen LogP contribution in [0.2, 0.25) is 0 Å². The minimum atomic E-state index is -0.955. The van der Waals surface area contributed by atoms with Gasteiger partial charge in [-0.2, -0.15) is 0 Å². The van der Waals surface area contributed by atoms with Crippen LogP contribution in [0.1, 0.15) is 58.0 Å². The third-order valence-electron chi connectivity index (χ3n) is 10.8. The molecular formula is C40H44N2O10. The number of methoxy groups -OCH3 is 4. The van der Waals surface area contributed by atoms with Crippen LogP contribution < -0.4 is 18.9 Å². The van der Waals surface area contributed by atoms with Crippen molar-refractivity contribution in [3.63, 3.8) is 0 Å². The number of ether oxygens (including phenoxy) is 7. The average Bonchev–Trinajstić information content (AvgIpc) is 3.54. The molecule has 4 aromatic rings. The maximum Gasteiger partial charge on any atom is 0.514 e. The molecule has 12 heteroatoms. The first-order chi connectivity index (χ1) is 25.2. The molecule has 52 heavy (non-hydrogen) atoms. The van der Waals surface area contributed by atoms with Crippen molar-refractivity contribution in [3.8, 4) is 23.0 Å². The first kappa shape index (κ1) is 35.2. The molecule has 2 aliphatic heterocycles. The van der Waals surface area contributed by atoms with Gasteiger partial charge in [0.05, 0.1) is 46.0 Å². The molecule has 7 rings (SSSR count). The number of piperidine rings is 1. The van der Waals surface area contributed by atoms with Crippen LogP contribution in [0.25, 0.3) is 10.9 Å². The van der Waals surface area contributed by atoms with Crippen LogP contribution >= 0.6 is 0 Å². The summed E-state index contributed by atoms with van der Waals surface area (Å²) in [4.78, 5) is 45.8. The van der Waals surface area contributed by atoms with Gasteiger partial charge in [0.1, 0.15) is 18.5 Å². The Kier molecular flexibility index (Phi) is 10.0. The summed E-state index contributed by atoms with van der Waals surface area (Å²) >= 11 is 0. The summed E-state index contributed by atoms with van der Waals surface area (Å²) in [6.07, 6.45) is 1.22. The average molecular weight is 713 g/mol. The standard InChI is InChI=1S/C40H44N2O10/c1-22-7-6-8-23(13-22)21-50-40(45)52-37-34(47-3)15-24(16-35(37)48-4)38(43)51-27-14-25-20-42-12-11-29-28-10-9-26(46-2)18-32(28)41-36(29)33(42)19-30(25)31(17-27)39(44)49-5/h6-10,13,15-16,18,25,27,30-31,33,41H,11-12,14,17,19-21H2,1-5H3/t25-,27?,30+,31?,33?/m1/s1. The van der Waals surface area contributed by atoms with Crippen LogP contribution in [0, 0.1) is 24.7 Å². The minimum absolute atomic E-state index is 0.0173. The Hall–Kier alpha value is -5.23. The SMILES string of the molecule is COC(=O)C1CC(OC(=O)c2cc(OC)c(OC(=O)OCc3cccc(C)c3)c(OC)c2)C[C@@H]2CN3CCc4c([nH]c5cc(OC)ccc45)C3C[C@H]12. The van der Waals surface area contributed by atoms with Gasteiger partial charge in [-0.15, -0.1) is 0 Å². The number of esters is 2. The third-order valence-corrected chi connectivity index (χ3v) is 10.8.